The Hall–Kier alpha value is -2.70. The molecule has 1 aliphatic carbocycles. The first-order valence-corrected chi connectivity index (χ1v) is 10.1. The Morgan fingerprint density at radius 3 is 2.59 bits per heavy atom. The third-order valence-electron chi connectivity index (χ3n) is 5.95. The second kappa shape index (κ2) is 7.61. The molecule has 2 aromatic heterocycles. The number of nitrogens with zero attached hydrogens (tertiary/aromatic N) is 3. The van der Waals surface area contributed by atoms with Crippen LogP contribution >= 0.6 is 0 Å². The number of pyridine rings is 2. The van der Waals surface area contributed by atoms with Crippen LogP contribution in [0.25, 0.3) is 22.2 Å². The van der Waals surface area contributed by atoms with Gasteiger partial charge < -0.3 is 21.1 Å². The number of aromatic nitrogens is 2. The molecule has 0 unspecified atom stereocenters. The number of fused-ring (bicyclic) bond motifs is 1. The molecule has 3 aromatic rings. The van der Waals surface area contributed by atoms with E-state index in [0.29, 0.717) is 0 Å². The lowest BCUT2D eigenvalue weighted by Gasteiger charge is -2.36. The highest BCUT2D eigenvalue weighted by atomic mass is 16.5. The van der Waals surface area contributed by atoms with Crippen molar-refractivity contribution in [1.82, 2.24) is 9.97 Å². The van der Waals surface area contributed by atoms with Crippen LogP contribution in [0.4, 0.5) is 5.69 Å². The van der Waals surface area contributed by atoms with Gasteiger partial charge in [-0.25, -0.2) is 0 Å². The summed E-state index contributed by atoms with van der Waals surface area (Å²) in [5.74, 6) is 0.808. The van der Waals surface area contributed by atoms with E-state index in [9.17, 15) is 0 Å². The summed E-state index contributed by atoms with van der Waals surface area (Å²) in [6.45, 7) is 0. The molecule has 1 aliphatic rings. The molecule has 0 aliphatic heterocycles. The number of rotatable bonds is 4. The molecule has 1 saturated carbocycles. The molecule has 0 radical (unpaired) electrons. The zero-order chi connectivity index (χ0) is 20.6. The monoisotopic (exact) mass is 391 g/mol. The van der Waals surface area contributed by atoms with Gasteiger partial charge in [0, 0.05) is 37.3 Å². The van der Waals surface area contributed by atoms with Gasteiger partial charge in [-0.05, 0) is 56.0 Å². The number of hydrogen-bond acceptors (Lipinski definition) is 6. The summed E-state index contributed by atoms with van der Waals surface area (Å²) in [6, 6.07) is 12.4. The van der Waals surface area contributed by atoms with E-state index in [0.717, 1.165) is 65.0 Å². The van der Waals surface area contributed by atoms with Crippen LogP contribution < -0.4 is 21.1 Å². The van der Waals surface area contributed by atoms with Gasteiger partial charge in [0.1, 0.15) is 5.75 Å². The van der Waals surface area contributed by atoms with Crippen LogP contribution in [0.5, 0.6) is 5.75 Å². The van der Waals surface area contributed by atoms with Crippen LogP contribution in [0.15, 0.2) is 42.6 Å². The summed E-state index contributed by atoms with van der Waals surface area (Å²) in [5.41, 5.74) is 17.2. The van der Waals surface area contributed by atoms with Gasteiger partial charge in [-0.2, -0.15) is 0 Å². The van der Waals surface area contributed by atoms with Crippen molar-refractivity contribution in [1.29, 1.82) is 0 Å². The summed E-state index contributed by atoms with van der Waals surface area (Å²) in [6.07, 6.45) is 5.30. The fourth-order valence-corrected chi connectivity index (χ4v) is 4.20. The van der Waals surface area contributed by atoms with Gasteiger partial charge in [0.2, 0.25) is 0 Å². The van der Waals surface area contributed by atoms with Crippen molar-refractivity contribution in [3.05, 3.63) is 48.3 Å². The fourth-order valence-electron chi connectivity index (χ4n) is 4.20. The second-order valence-corrected chi connectivity index (χ2v) is 8.20. The Bertz CT molecular complexity index is 1020. The van der Waals surface area contributed by atoms with Gasteiger partial charge in [0.05, 0.1) is 35.2 Å². The Labute approximate surface area is 171 Å². The lowest BCUT2D eigenvalue weighted by molar-refractivity contribution is 0.274. The molecular formula is C23H29N5O. The predicted molar refractivity (Wildman–Crippen MR) is 118 cm³/mol. The molecule has 4 rings (SSSR count). The molecule has 2 heterocycles. The maximum absolute atomic E-state index is 6.90. The first-order chi connectivity index (χ1) is 13.9. The van der Waals surface area contributed by atoms with Gasteiger partial charge in [-0.3, -0.25) is 9.97 Å². The van der Waals surface area contributed by atoms with Crippen molar-refractivity contribution in [2.45, 2.75) is 37.3 Å². The Morgan fingerprint density at radius 2 is 1.90 bits per heavy atom. The highest BCUT2D eigenvalue weighted by molar-refractivity contribution is 5.86. The van der Waals surface area contributed by atoms with Crippen LogP contribution in [-0.2, 0) is 5.54 Å². The van der Waals surface area contributed by atoms with E-state index >= 15 is 0 Å². The van der Waals surface area contributed by atoms with Crippen molar-refractivity contribution in [3.8, 4) is 17.0 Å². The van der Waals surface area contributed by atoms with E-state index in [1.165, 1.54) is 0 Å². The molecule has 152 valence electrons. The minimum Gasteiger partial charge on any atom is -0.495 e. The van der Waals surface area contributed by atoms with E-state index in [4.69, 9.17) is 21.2 Å². The Balaban J connectivity index is 1.87. The highest BCUT2D eigenvalue weighted by Crippen LogP contribution is 2.39. The zero-order valence-corrected chi connectivity index (χ0v) is 17.4. The molecule has 6 heteroatoms. The second-order valence-electron chi connectivity index (χ2n) is 8.20. The number of nitrogens with two attached hydrogens (primary N) is 2. The SMILES string of the molecule is COc1cc(-c2cc3ncccc3c(C3(N)CCC(N)CC3)n2)ccc1N(C)C. The minimum atomic E-state index is -0.485. The molecule has 1 aromatic carbocycles. The summed E-state index contributed by atoms with van der Waals surface area (Å²) < 4.78 is 5.61. The summed E-state index contributed by atoms with van der Waals surface area (Å²) in [7, 11) is 5.69. The van der Waals surface area contributed by atoms with E-state index < -0.39 is 5.54 Å². The largest absolute Gasteiger partial charge is 0.495 e. The zero-order valence-electron chi connectivity index (χ0n) is 17.4. The smallest absolute Gasteiger partial charge is 0.142 e. The van der Waals surface area contributed by atoms with E-state index in [1.54, 1.807) is 7.11 Å². The number of benzene rings is 1. The lowest BCUT2D eigenvalue weighted by atomic mass is 9.77. The van der Waals surface area contributed by atoms with E-state index in [2.05, 4.69) is 23.2 Å². The summed E-state index contributed by atoms with van der Waals surface area (Å²) >= 11 is 0. The standard InChI is InChI=1S/C23H29N5O/c1-28(2)20-7-6-15(13-21(20)29-3)18-14-19-17(5-4-12-26-19)22(27-18)23(25)10-8-16(24)9-11-23/h4-7,12-14,16H,8-11,24-25H2,1-3H3. The van der Waals surface area contributed by atoms with Crippen LogP contribution in [0.2, 0.25) is 0 Å². The first kappa shape index (κ1) is 19.6. The maximum atomic E-state index is 6.90. The maximum Gasteiger partial charge on any atom is 0.142 e. The van der Waals surface area contributed by atoms with Gasteiger partial charge in [-0.15, -0.1) is 0 Å². The molecule has 1 fully saturated rings. The quantitative estimate of drug-likeness (QED) is 0.708. The van der Waals surface area contributed by atoms with Crippen molar-refractivity contribution in [2.24, 2.45) is 11.5 Å². The van der Waals surface area contributed by atoms with Crippen LogP contribution in [0.1, 0.15) is 31.4 Å². The highest BCUT2D eigenvalue weighted by Gasteiger charge is 2.35. The third kappa shape index (κ3) is 3.66. The van der Waals surface area contributed by atoms with Crippen molar-refractivity contribution < 1.29 is 4.74 Å². The molecule has 0 amide bonds. The summed E-state index contributed by atoms with van der Waals surface area (Å²) in [5, 5.41) is 1.02. The molecule has 6 nitrogen and oxygen atoms in total. The number of hydrogen-bond donors (Lipinski definition) is 2. The molecule has 4 N–H and O–H groups in total. The van der Waals surface area contributed by atoms with Crippen molar-refractivity contribution in [3.63, 3.8) is 0 Å². The Kier molecular flexibility index (Phi) is 5.15. The first-order valence-electron chi connectivity index (χ1n) is 10.1. The third-order valence-corrected chi connectivity index (χ3v) is 5.95. The fraction of sp³-hybridized carbons (Fsp3) is 0.391. The molecular weight excluding hydrogens is 362 g/mol. The van der Waals surface area contributed by atoms with Crippen LogP contribution in [0, 0.1) is 0 Å². The molecule has 29 heavy (non-hydrogen) atoms. The van der Waals surface area contributed by atoms with Crippen LogP contribution in [0.3, 0.4) is 0 Å². The predicted octanol–water partition coefficient (Wildman–Crippen LogP) is 3.43. The summed E-state index contributed by atoms with van der Waals surface area (Å²) in [4.78, 5) is 11.7. The average Bonchev–Trinajstić information content (AvgIpc) is 2.74. The van der Waals surface area contributed by atoms with Crippen molar-refractivity contribution in [2.75, 3.05) is 26.1 Å². The molecule has 0 saturated heterocycles. The van der Waals surface area contributed by atoms with Gasteiger partial charge in [0.25, 0.3) is 0 Å². The topological polar surface area (TPSA) is 90.3 Å². The van der Waals surface area contributed by atoms with Gasteiger partial charge >= 0.3 is 0 Å². The lowest BCUT2D eigenvalue weighted by Crippen LogP contribution is -2.44. The Morgan fingerprint density at radius 1 is 1.14 bits per heavy atom. The van der Waals surface area contributed by atoms with E-state index in [-0.39, 0.29) is 6.04 Å². The molecule has 0 spiro atoms. The number of ether oxygens (including phenoxy) is 1. The van der Waals surface area contributed by atoms with Gasteiger partial charge in [0.15, 0.2) is 0 Å². The normalized spacial score (nSPS) is 21.9. The average molecular weight is 392 g/mol. The van der Waals surface area contributed by atoms with Gasteiger partial charge in [-0.1, -0.05) is 6.07 Å². The minimum absolute atomic E-state index is 0.224. The molecule has 0 atom stereocenters. The number of methoxy groups -OCH3 is 1. The van der Waals surface area contributed by atoms with Crippen molar-refractivity contribution >= 4 is 16.6 Å². The number of anilines is 1. The van der Waals surface area contributed by atoms with Crippen LogP contribution in [-0.4, -0.2) is 37.2 Å². The molecule has 0 bridgehead atoms. The van der Waals surface area contributed by atoms with E-state index in [1.807, 2.05) is 43.4 Å².